The fourth-order valence-corrected chi connectivity index (χ4v) is 5.55. The highest BCUT2D eigenvalue weighted by molar-refractivity contribution is 8.01. The molecule has 4 rings (SSSR count). The van der Waals surface area contributed by atoms with Gasteiger partial charge in [-0.1, -0.05) is 35.9 Å². The Morgan fingerprint density at radius 1 is 1.29 bits per heavy atom. The number of thioether (sulfide) groups is 1. The Labute approximate surface area is 173 Å². The van der Waals surface area contributed by atoms with Crippen molar-refractivity contribution in [2.45, 2.75) is 49.1 Å². The molecule has 4 unspecified atom stereocenters. The fraction of sp³-hybridized carbons (Fsp3) is 0.381. The molecule has 2 heterocycles. The topological polar surface area (TPSA) is 70.6 Å². The molecule has 1 saturated heterocycles. The van der Waals surface area contributed by atoms with Crippen LogP contribution in [-0.4, -0.2) is 33.3 Å². The maximum Gasteiger partial charge on any atom is 0.319 e. The van der Waals surface area contributed by atoms with E-state index in [4.69, 9.17) is 16.3 Å². The van der Waals surface area contributed by atoms with Crippen molar-refractivity contribution in [1.82, 2.24) is 0 Å². The van der Waals surface area contributed by atoms with Gasteiger partial charge in [0.05, 0.1) is 24.1 Å². The van der Waals surface area contributed by atoms with Gasteiger partial charge in [-0.2, -0.15) is 0 Å². The van der Waals surface area contributed by atoms with E-state index in [1.807, 2.05) is 49.4 Å². The Morgan fingerprint density at radius 2 is 2.04 bits per heavy atom. The fourth-order valence-electron chi connectivity index (χ4n) is 3.85. The molecule has 0 saturated carbocycles. The van der Waals surface area contributed by atoms with E-state index < -0.39 is 16.9 Å². The molecular weight excluding hydrogens is 396 g/mol. The van der Waals surface area contributed by atoms with Crippen molar-refractivity contribution in [3.63, 3.8) is 0 Å². The lowest BCUT2D eigenvalue weighted by molar-refractivity contribution is -0.139. The third-order valence-corrected chi connectivity index (χ3v) is 7.49. The zero-order valence-electron chi connectivity index (χ0n) is 15.7. The zero-order chi connectivity index (χ0) is 19.9. The number of fused-ring (bicyclic) bond motifs is 1. The van der Waals surface area contributed by atoms with Gasteiger partial charge in [0.2, 0.25) is 0 Å². The summed E-state index contributed by atoms with van der Waals surface area (Å²) >= 11 is 7.56. The minimum atomic E-state index is -0.829. The summed E-state index contributed by atoms with van der Waals surface area (Å²) in [6.07, 6.45) is 0.297. The van der Waals surface area contributed by atoms with Gasteiger partial charge in [0.1, 0.15) is 10.9 Å². The Kier molecular flexibility index (Phi) is 5.21. The molecule has 28 heavy (non-hydrogen) atoms. The van der Waals surface area contributed by atoms with Crippen molar-refractivity contribution in [1.29, 1.82) is 0 Å². The number of benzene rings is 2. The van der Waals surface area contributed by atoms with Crippen LogP contribution in [-0.2, 0) is 16.1 Å². The lowest BCUT2D eigenvalue weighted by atomic mass is 10.0. The van der Waals surface area contributed by atoms with E-state index in [-0.39, 0.29) is 11.4 Å². The van der Waals surface area contributed by atoms with Crippen LogP contribution in [0.25, 0.3) is 0 Å². The molecule has 5 nitrogen and oxygen atoms in total. The minimum Gasteiger partial charge on any atom is -0.480 e. The lowest BCUT2D eigenvalue weighted by Crippen LogP contribution is -2.47. The van der Waals surface area contributed by atoms with Crippen LogP contribution in [0.1, 0.15) is 24.5 Å². The summed E-state index contributed by atoms with van der Waals surface area (Å²) < 4.78 is 6.10. The summed E-state index contributed by atoms with van der Waals surface area (Å²) in [7, 11) is 0. The quantitative estimate of drug-likeness (QED) is 0.651. The molecule has 7 heteroatoms. The number of aryl methyl sites for hydroxylation is 1. The zero-order valence-corrected chi connectivity index (χ0v) is 17.3. The molecule has 148 valence electrons. The number of hydrogen-bond acceptors (Lipinski definition) is 5. The highest BCUT2D eigenvalue weighted by Gasteiger charge is 2.50. The van der Waals surface area contributed by atoms with Gasteiger partial charge in [-0.3, -0.25) is 4.79 Å². The van der Waals surface area contributed by atoms with Crippen LogP contribution < -0.4 is 10.6 Å². The summed E-state index contributed by atoms with van der Waals surface area (Å²) in [5, 5.41) is 16.8. The Balaban J connectivity index is 1.48. The number of carboxylic acid groups (broad SMARTS) is 1. The van der Waals surface area contributed by atoms with E-state index in [0.717, 1.165) is 22.5 Å². The van der Waals surface area contributed by atoms with Crippen LogP contribution in [0.15, 0.2) is 42.5 Å². The molecular formula is C21H23ClN2O3S. The average Bonchev–Trinajstić information content (AvgIpc) is 3.22. The standard InChI is InChI=1S/C21H23ClN2O3S/c1-12-5-3-4-6-13(12)11-27-17-10-18(28-19(17)20(25)26)21(2)23-15-8-7-14(22)9-16(15)24-21/h3-9,17-19,23-24H,10-11H2,1-2H3,(H,25,26). The summed E-state index contributed by atoms with van der Waals surface area (Å²) in [5.74, 6) is -0.829. The highest BCUT2D eigenvalue weighted by atomic mass is 35.5. The first-order chi connectivity index (χ1) is 13.4. The van der Waals surface area contributed by atoms with Gasteiger partial charge >= 0.3 is 5.97 Å². The van der Waals surface area contributed by atoms with Gasteiger partial charge in [-0.15, -0.1) is 11.8 Å². The van der Waals surface area contributed by atoms with E-state index in [2.05, 4.69) is 17.6 Å². The summed E-state index contributed by atoms with van der Waals surface area (Å²) in [5.41, 5.74) is 3.68. The second-order valence-corrected chi connectivity index (χ2v) is 9.32. The first-order valence-electron chi connectivity index (χ1n) is 9.26. The van der Waals surface area contributed by atoms with E-state index >= 15 is 0 Å². The Hall–Kier alpha value is -1.89. The second kappa shape index (κ2) is 7.50. The van der Waals surface area contributed by atoms with Gasteiger partial charge in [-0.05, 0) is 49.6 Å². The number of ether oxygens (including phenoxy) is 1. The average molecular weight is 419 g/mol. The van der Waals surface area contributed by atoms with Crippen LogP contribution in [0, 0.1) is 6.92 Å². The second-order valence-electron chi connectivity index (χ2n) is 7.54. The molecule has 2 aliphatic heterocycles. The molecule has 2 aliphatic rings. The predicted molar refractivity (Wildman–Crippen MR) is 114 cm³/mol. The van der Waals surface area contributed by atoms with Crippen molar-refractivity contribution < 1.29 is 14.6 Å². The van der Waals surface area contributed by atoms with E-state index in [1.54, 1.807) is 0 Å². The maximum absolute atomic E-state index is 11.9. The van der Waals surface area contributed by atoms with Crippen molar-refractivity contribution in [2.24, 2.45) is 0 Å². The van der Waals surface area contributed by atoms with Crippen LogP contribution in [0.4, 0.5) is 11.4 Å². The number of hydrogen-bond donors (Lipinski definition) is 3. The molecule has 1 fully saturated rings. The third kappa shape index (κ3) is 3.69. The molecule has 0 radical (unpaired) electrons. The van der Waals surface area contributed by atoms with Gasteiger partial charge < -0.3 is 20.5 Å². The molecule has 0 amide bonds. The summed E-state index contributed by atoms with van der Waals surface area (Å²) in [4.78, 5) is 11.9. The van der Waals surface area contributed by atoms with Crippen molar-refractivity contribution in [2.75, 3.05) is 10.6 Å². The summed E-state index contributed by atoms with van der Waals surface area (Å²) in [6.45, 7) is 4.51. The van der Waals surface area contributed by atoms with Crippen LogP contribution in [0.2, 0.25) is 5.02 Å². The molecule has 3 N–H and O–H groups in total. The maximum atomic E-state index is 11.9. The number of carbonyl (C=O) groups is 1. The van der Waals surface area contributed by atoms with Crippen molar-refractivity contribution >= 4 is 40.7 Å². The van der Waals surface area contributed by atoms with E-state index in [0.29, 0.717) is 18.1 Å². The van der Waals surface area contributed by atoms with Gasteiger partial charge in [0.25, 0.3) is 0 Å². The van der Waals surface area contributed by atoms with Crippen molar-refractivity contribution in [3.8, 4) is 0 Å². The first kappa shape index (κ1) is 19.4. The Morgan fingerprint density at radius 3 is 2.79 bits per heavy atom. The van der Waals surface area contributed by atoms with E-state index in [1.165, 1.54) is 11.8 Å². The van der Waals surface area contributed by atoms with Crippen LogP contribution in [0.3, 0.4) is 0 Å². The SMILES string of the molecule is Cc1ccccc1COC1CC(C2(C)Nc3ccc(Cl)cc3N2)SC1C(=O)O. The van der Waals surface area contributed by atoms with Crippen LogP contribution >= 0.6 is 23.4 Å². The molecule has 2 aromatic carbocycles. The number of carboxylic acids is 1. The van der Waals surface area contributed by atoms with E-state index in [9.17, 15) is 9.90 Å². The molecule has 0 aliphatic carbocycles. The van der Waals surface area contributed by atoms with Crippen LogP contribution in [0.5, 0.6) is 0 Å². The Bertz CT molecular complexity index is 909. The van der Waals surface area contributed by atoms with Gasteiger partial charge in [0.15, 0.2) is 0 Å². The monoisotopic (exact) mass is 418 g/mol. The molecule has 4 atom stereocenters. The lowest BCUT2D eigenvalue weighted by Gasteiger charge is -2.32. The molecule has 0 bridgehead atoms. The van der Waals surface area contributed by atoms with Crippen molar-refractivity contribution in [3.05, 3.63) is 58.6 Å². The van der Waals surface area contributed by atoms with Gasteiger partial charge in [-0.25, -0.2) is 0 Å². The third-order valence-electron chi connectivity index (χ3n) is 5.47. The number of rotatable bonds is 5. The molecule has 0 aromatic heterocycles. The summed E-state index contributed by atoms with van der Waals surface area (Å²) in [6, 6.07) is 13.7. The number of aliphatic carboxylic acids is 1. The highest BCUT2D eigenvalue weighted by Crippen LogP contribution is 2.47. The normalized spacial score (nSPS) is 28.5. The minimum absolute atomic E-state index is 0.0293. The first-order valence-corrected chi connectivity index (χ1v) is 10.6. The number of anilines is 2. The largest absolute Gasteiger partial charge is 0.480 e. The number of nitrogens with one attached hydrogen (secondary N) is 2. The molecule has 2 aromatic rings. The number of halogens is 1. The predicted octanol–water partition coefficient (Wildman–Crippen LogP) is 4.75. The van der Waals surface area contributed by atoms with Gasteiger partial charge in [0, 0.05) is 10.3 Å². The molecule has 0 spiro atoms. The smallest absolute Gasteiger partial charge is 0.319 e.